The number of carbonyl (C=O) groups excluding carboxylic acids is 1. The van der Waals surface area contributed by atoms with Crippen LogP contribution in [0.2, 0.25) is 10.0 Å². The Morgan fingerprint density at radius 3 is 2.42 bits per heavy atom. The van der Waals surface area contributed by atoms with Crippen molar-refractivity contribution in [2.75, 3.05) is 12.4 Å². The summed E-state index contributed by atoms with van der Waals surface area (Å²) in [7, 11) is 0. The summed E-state index contributed by atoms with van der Waals surface area (Å²) in [5.41, 5.74) is 0.436. The molecule has 0 aliphatic heterocycles. The van der Waals surface area contributed by atoms with Crippen molar-refractivity contribution in [3.63, 3.8) is 0 Å². The van der Waals surface area contributed by atoms with Gasteiger partial charge in [0.1, 0.15) is 0 Å². The van der Waals surface area contributed by atoms with Crippen LogP contribution >= 0.6 is 34.8 Å². The van der Waals surface area contributed by atoms with E-state index in [1.54, 1.807) is 23.1 Å². The highest BCUT2D eigenvalue weighted by Crippen LogP contribution is 2.27. The van der Waals surface area contributed by atoms with Crippen LogP contribution in [0.3, 0.4) is 0 Å². The molecule has 0 aliphatic rings. The average molecular weight is 323 g/mol. The third-order valence-corrected chi connectivity index (χ3v) is 4.14. The van der Waals surface area contributed by atoms with E-state index in [0.29, 0.717) is 28.0 Å². The summed E-state index contributed by atoms with van der Waals surface area (Å²) in [6, 6.07) is 5.26. The Labute approximate surface area is 129 Å². The average Bonchev–Trinajstić information content (AvgIpc) is 2.41. The molecule has 19 heavy (non-hydrogen) atoms. The topological polar surface area (TPSA) is 20.3 Å². The molecule has 0 saturated carbocycles. The highest BCUT2D eigenvalue weighted by atomic mass is 35.5. The zero-order chi connectivity index (χ0) is 14.4. The molecule has 0 N–H and O–H groups in total. The highest BCUT2D eigenvalue weighted by Gasteiger charge is 2.24. The van der Waals surface area contributed by atoms with Crippen LogP contribution < -0.4 is 0 Å². The lowest BCUT2D eigenvalue weighted by Gasteiger charge is -2.30. The van der Waals surface area contributed by atoms with Crippen molar-refractivity contribution in [1.82, 2.24) is 4.90 Å². The molecule has 0 bridgehead atoms. The highest BCUT2D eigenvalue weighted by molar-refractivity contribution is 6.43. The molecule has 106 valence electrons. The summed E-state index contributed by atoms with van der Waals surface area (Å²) in [6.07, 6.45) is 1.77. The first-order valence-corrected chi connectivity index (χ1v) is 7.66. The van der Waals surface area contributed by atoms with E-state index in [0.717, 1.165) is 12.8 Å². The number of rotatable bonds is 6. The van der Waals surface area contributed by atoms with E-state index in [-0.39, 0.29) is 11.9 Å². The number of halogens is 3. The Kier molecular flexibility index (Phi) is 6.98. The van der Waals surface area contributed by atoms with Crippen LogP contribution in [0.4, 0.5) is 0 Å². The fourth-order valence-electron chi connectivity index (χ4n) is 2.09. The van der Waals surface area contributed by atoms with E-state index in [1.807, 2.05) is 0 Å². The number of carbonyl (C=O) groups is 1. The zero-order valence-electron chi connectivity index (χ0n) is 11.1. The van der Waals surface area contributed by atoms with Gasteiger partial charge in [0.05, 0.1) is 15.6 Å². The predicted molar refractivity (Wildman–Crippen MR) is 82.6 cm³/mol. The van der Waals surface area contributed by atoms with Gasteiger partial charge in [0, 0.05) is 18.5 Å². The second-order valence-corrected chi connectivity index (χ2v) is 5.42. The summed E-state index contributed by atoms with van der Waals surface area (Å²) < 4.78 is 0. The van der Waals surface area contributed by atoms with Gasteiger partial charge in [-0.25, -0.2) is 0 Å². The van der Waals surface area contributed by atoms with Gasteiger partial charge in [0.15, 0.2) is 0 Å². The number of alkyl halides is 1. The fourth-order valence-corrected chi connectivity index (χ4v) is 2.66. The van der Waals surface area contributed by atoms with Crippen molar-refractivity contribution in [2.45, 2.75) is 32.7 Å². The molecule has 0 saturated heterocycles. The molecule has 1 aromatic carbocycles. The Balaban J connectivity index is 3.08. The van der Waals surface area contributed by atoms with Crippen molar-refractivity contribution < 1.29 is 4.79 Å². The Bertz CT molecular complexity index is 433. The van der Waals surface area contributed by atoms with Gasteiger partial charge in [0.2, 0.25) is 0 Å². The smallest absolute Gasteiger partial charge is 0.255 e. The summed E-state index contributed by atoms with van der Waals surface area (Å²) in [6.45, 7) is 4.63. The van der Waals surface area contributed by atoms with Crippen molar-refractivity contribution >= 4 is 40.7 Å². The minimum Gasteiger partial charge on any atom is -0.334 e. The minimum atomic E-state index is -0.109. The summed E-state index contributed by atoms with van der Waals surface area (Å²) in [5, 5.41) is 0.697. The maximum atomic E-state index is 12.6. The molecule has 0 spiro atoms. The molecule has 0 radical (unpaired) electrons. The molecule has 0 aliphatic carbocycles. The summed E-state index contributed by atoms with van der Waals surface area (Å²) in [4.78, 5) is 14.4. The first-order valence-electron chi connectivity index (χ1n) is 6.37. The van der Waals surface area contributed by atoms with Crippen molar-refractivity contribution in [3.8, 4) is 0 Å². The molecular formula is C14H18Cl3NO. The minimum absolute atomic E-state index is 0.109. The monoisotopic (exact) mass is 321 g/mol. The lowest BCUT2D eigenvalue weighted by molar-refractivity contribution is 0.0682. The lowest BCUT2D eigenvalue weighted by Crippen LogP contribution is -2.41. The first-order chi connectivity index (χ1) is 9.06. The van der Waals surface area contributed by atoms with Gasteiger partial charge in [0.25, 0.3) is 5.91 Å². The SMILES string of the molecule is CCC(CC)N(CCCl)C(=O)c1cccc(Cl)c1Cl. The van der Waals surface area contributed by atoms with E-state index in [9.17, 15) is 4.79 Å². The Hall–Kier alpha value is -0.440. The fraction of sp³-hybridized carbons (Fsp3) is 0.500. The van der Waals surface area contributed by atoms with Crippen LogP contribution in [0.15, 0.2) is 18.2 Å². The van der Waals surface area contributed by atoms with Crippen LogP contribution in [0.5, 0.6) is 0 Å². The van der Waals surface area contributed by atoms with E-state index in [2.05, 4.69) is 13.8 Å². The molecule has 0 atom stereocenters. The van der Waals surface area contributed by atoms with Gasteiger partial charge in [-0.3, -0.25) is 4.79 Å². The second-order valence-electron chi connectivity index (χ2n) is 4.26. The van der Waals surface area contributed by atoms with Gasteiger partial charge < -0.3 is 4.90 Å². The Morgan fingerprint density at radius 2 is 1.89 bits per heavy atom. The molecule has 1 rings (SSSR count). The first kappa shape index (κ1) is 16.6. The molecule has 0 fully saturated rings. The van der Waals surface area contributed by atoms with Gasteiger partial charge in [-0.2, -0.15) is 0 Å². The second kappa shape index (κ2) is 7.98. The van der Waals surface area contributed by atoms with Crippen molar-refractivity contribution in [1.29, 1.82) is 0 Å². The van der Waals surface area contributed by atoms with Gasteiger partial charge in [-0.1, -0.05) is 43.1 Å². The number of benzene rings is 1. The summed E-state index contributed by atoms with van der Waals surface area (Å²) in [5.74, 6) is 0.294. The standard InChI is InChI=1S/C14H18Cl3NO/c1-3-10(4-2)18(9-8-15)14(19)11-6-5-7-12(16)13(11)17/h5-7,10H,3-4,8-9H2,1-2H3. The molecule has 0 heterocycles. The molecule has 0 aromatic heterocycles. The maximum Gasteiger partial charge on any atom is 0.255 e. The number of nitrogens with zero attached hydrogens (tertiary/aromatic N) is 1. The molecule has 1 amide bonds. The van der Waals surface area contributed by atoms with Crippen LogP contribution in [0, 0.1) is 0 Å². The van der Waals surface area contributed by atoms with Crippen LogP contribution in [-0.4, -0.2) is 29.3 Å². The van der Waals surface area contributed by atoms with Crippen molar-refractivity contribution in [3.05, 3.63) is 33.8 Å². The predicted octanol–water partition coefficient (Wildman–Crippen LogP) is 4.86. The largest absolute Gasteiger partial charge is 0.334 e. The normalized spacial score (nSPS) is 10.8. The van der Waals surface area contributed by atoms with Gasteiger partial charge in [-0.05, 0) is 25.0 Å². The zero-order valence-corrected chi connectivity index (χ0v) is 13.4. The van der Waals surface area contributed by atoms with E-state index < -0.39 is 0 Å². The van der Waals surface area contributed by atoms with Crippen LogP contribution in [0.25, 0.3) is 0 Å². The molecule has 5 heteroatoms. The van der Waals surface area contributed by atoms with Gasteiger partial charge >= 0.3 is 0 Å². The number of amides is 1. The maximum absolute atomic E-state index is 12.6. The van der Waals surface area contributed by atoms with Crippen molar-refractivity contribution in [2.24, 2.45) is 0 Å². The van der Waals surface area contributed by atoms with E-state index in [1.165, 1.54) is 0 Å². The third-order valence-electron chi connectivity index (χ3n) is 3.15. The molecule has 2 nitrogen and oxygen atoms in total. The van der Waals surface area contributed by atoms with E-state index in [4.69, 9.17) is 34.8 Å². The number of hydrogen-bond donors (Lipinski definition) is 0. The molecule has 1 aromatic rings. The number of hydrogen-bond acceptors (Lipinski definition) is 1. The summed E-state index contributed by atoms with van der Waals surface area (Å²) >= 11 is 17.9. The van der Waals surface area contributed by atoms with Crippen LogP contribution in [0.1, 0.15) is 37.0 Å². The molecule has 0 unspecified atom stereocenters. The van der Waals surface area contributed by atoms with Crippen LogP contribution in [-0.2, 0) is 0 Å². The lowest BCUT2D eigenvalue weighted by atomic mass is 10.1. The Morgan fingerprint density at radius 1 is 1.26 bits per heavy atom. The third kappa shape index (κ3) is 4.01. The quantitative estimate of drug-likeness (QED) is 0.685. The molecular weight excluding hydrogens is 305 g/mol. The van der Waals surface area contributed by atoms with E-state index >= 15 is 0 Å². The van der Waals surface area contributed by atoms with Gasteiger partial charge in [-0.15, -0.1) is 11.6 Å².